The van der Waals surface area contributed by atoms with Crippen molar-refractivity contribution in [3.8, 4) is 0 Å². The van der Waals surface area contributed by atoms with E-state index in [9.17, 15) is 4.79 Å². The van der Waals surface area contributed by atoms with Crippen molar-refractivity contribution in [2.45, 2.75) is 19.8 Å². The number of Topliss-reactive ketones (excluding diaryl/α,β-unsaturated/α-hetero) is 1. The van der Waals surface area contributed by atoms with Crippen LogP contribution in [0.25, 0.3) is 6.08 Å². The van der Waals surface area contributed by atoms with Crippen LogP contribution in [0, 0.1) is 5.92 Å². The van der Waals surface area contributed by atoms with Crippen molar-refractivity contribution in [3.63, 3.8) is 0 Å². The lowest BCUT2D eigenvalue weighted by Crippen LogP contribution is -2.02. The summed E-state index contributed by atoms with van der Waals surface area (Å²) in [7, 11) is 0. The van der Waals surface area contributed by atoms with E-state index in [1.165, 1.54) is 0 Å². The number of allylic oxidation sites excluding steroid dienone is 1. The minimum absolute atomic E-state index is 0.227. The van der Waals surface area contributed by atoms with Gasteiger partial charge < -0.3 is 0 Å². The molecule has 0 aromatic heterocycles. The van der Waals surface area contributed by atoms with Crippen molar-refractivity contribution in [2.24, 2.45) is 5.92 Å². The van der Waals surface area contributed by atoms with E-state index >= 15 is 0 Å². The largest absolute Gasteiger partial charge is 0.294 e. The number of benzene rings is 1. The highest BCUT2D eigenvalue weighted by molar-refractivity contribution is 6.02. The molecule has 0 aliphatic heterocycles. The lowest BCUT2D eigenvalue weighted by atomic mass is 10.1. The number of ketones is 1. The Labute approximate surface area is 84.5 Å². The molecule has 1 atom stereocenters. The van der Waals surface area contributed by atoms with E-state index in [0.717, 1.165) is 24.0 Å². The molecule has 14 heavy (non-hydrogen) atoms. The summed E-state index contributed by atoms with van der Waals surface area (Å²) in [6.07, 6.45) is 3.97. The molecule has 1 saturated carbocycles. The topological polar surface area (TPSA) is 17.1 Å². The quantitative estimate of drug-likeness (QED) is 0.616. The Balaban J connectivity index is 2.24. The number of rotatable bonds is 1. The van der Waals surface area contributed by atoms with Gasteiger partial charge in [0.15, 0.2) is 5.78 Å². The second-order valence-corrected chi connectivity index (χ2v) is 3.88. The van der Waals surface area contributed by atoms with Crippen molar-refractivity contribution >= 4 is 11.9 Å². The van der Waals surface area contributed by atoms with Crippen molar-refractivity contribution < 1.29 is 4.79 Å². The molecule has 0 N–H and O–H groups in total. The zero-order valence-corrected chi connectivity index (χ0v) is 8.36. The number of carbonyl (C=O) groups excluding carboxylic acids is 1. The van der Waals surface area contributed by atoms with Crippen LogP contribution >= 0.6 is 0 Å². The van der Waals surface area contributed by atoms with Gasteiger partial charge in [-0.3, -0.25) is 4.79 Å². The molecule has 1 unspecified atom stereocenters. The number of hydrogen-bond acceptors (Lipinski definition) is 1. The summed E-state index contributed by atoms with van der Waals surface area (Å²) >= 11 is 0. The average Bonchev–Trinajstić information content (AvgIpc) is 2.52. The molecule has 1 fully saturated rings. The minimum Gasteiger partial charge on any atom is -0.294 e. The maximum absolute atomic E-state index is 11.6. The molecule has 0 spiro atoms. The highest BCUT2D eigenvalue weighted by Crippen LogP contribution is 2.27. The van der Waals surface area contributed by atoms with Crippen LogP contribution in [0.5, 0.6) is 0 Å². The molecular formula is C13H14O. The van der Waals surface area contributed by atoms with Crippen LogP contribution in [0.2, 0.25) is 0 Å². The second kappa shape index (κ2) is 3.79. The average molecular weight is 186 g/mol. The summed E-state index contributed by atoms with van der Waals surface area (Å²) in [6.45, 7) is 2.01. The maximum Gasteiger partial charge on any atom is 0.161 e. The van der Waals surface area contributed by atoms with Crippen LogP contribution in [0.15, 0.2) is 35.9 Å². The lowest BCUT2D eigenvalue weighted by molar-refractivity contribution is -0.117. The highest BCUT2D eigenvalue weighted by atomic mass is 16.1. The van der Waals surface area contributed by atoms with E-state index in [0.29, 0.717) is 5.78 Å². The Hall–Kier alpha value is -1.37. The molecule has 1 aromatic carbocycles. The van der Waals surface area contributed by atoms with Gasteiger partial charge in [0.1, 0.15) is 0 Å². The zero-order valence-electron chi connectivity index (χ0n) is 8.36. The third-order valence-electron chi connectivity index (χ3n) is 2.75. The van der Waals surface area contributed by atoms with Crippen LogP contribution in [0.3, 0.4) is 0 Å². The standard InChI is InChI=1S/C13H14O/c1-10-7-8-12(13(10)14)9-11-5-3-2-4-6-11/h2-6,9-10H,7-8H2,1H3/b12-9-. The van der Waals surface area contributed by atoms with Gasteiger partial charge in [0.25, 0.3) is 0 Å². The predicted octanol–water partition coefficient (Wildman–Crippen LogP) is 3.07. The predicted molar refractivity (Wildman–Crippen MR) is 57.8 cm³/mol. The van der Waals surface area contributed by atoms with Gasteiger partial charge >= 0.3 is 0 Å². The van der Waals surface area contributed by atoms with E-state index in [4.69, 9.17) is 0 Å². The van der Waals surface area contributed by atoms with Crippen molar-refractivity contribution in [2.75, 3.05) is 0 Å². The molecule has 1 nitrogen and oxygen atoms in total. The first-order valence-electron chi connectivity index (χ1n) is 5.07. The Morgan fingerprint density at radius 1 is 1.29 bits per heavy atom. The molecule has 0 amide bonds. The fraction of sp³-hybridized carbons (Fsp3) is 0.308. The molecule has 0 saturated heterocycles. The van der Waals surface area contributed by atoms with E-state index in [1.54, 1.807) is 0 Å². The molecule has 1 aromatic rings. The Morgan fingerprint density at radius 2 is 2.00 bits per heavy atom. The summed E-state index contributed by atoms with van der Waals surface area (Å²) in [4.78, 5) is 11.6. The Bertz CT molecular complexity index is 362. The van der Waals surface area contributed by atoms with Gasteiger partial charge in [-0.05, 0) is 30.1 Å². The van der Waals surface area contributed by atoms with Gasteiger partial charge in [-0.15, -0.1) is 0 Å². The fourth-order valence-electron chi connectivity index (χ4n) is 1.84. The van der Waals surface area contributed by atoms with Crippen molar-refractivity contribution in [1.82, 2.24) is 0 Å². The third kappa shape index (κ3) is 1.77. The molecule has 0 bridgehead atoms. The van der Waals surface area contributed by atoms with Crippen LogP contribution in [0.1, 0.15) is 25.3 Å². The van der Waals surface area contributed by atoms with Gasteiger partial charge in [-0.1, -0.05) is 37.3 Å². The molecule has 0 heterocycles. The Kier molecular flexibility index (Phi) is 2.49. The Morgan fingerprint density at radius 3 is 2.57 bits per heavy atom. The monoisotopic (exact) mass is 186 g/mol. The zero-order chi connectivity index (χ0) is 9.97. The van der Waals surface area contributed by atoms with Gasteiger partial charge in [0.05, 0.1) is 0 Å². The van der Waals surface area contributed by atoms with Crippen molar-refractivity contribution in [3.05, 3.63) is 41.5 Å². The van der Waals surface area contributed by atoms with E-state index in [1.807, 2.05) is 43.3 Å². The highest BCUT2D eigenvalue weighted by Gasteiger charge is 2.24. The first-order valence-corrected chi connectivity index (χ1v) is 5.07. The summed E-state index contributed by atoms with van der Waals surface area (Å²) in [6, 6.07) is 10.0. The maximum atomic E-state index is 11.6. The van der Waals surface area contributed by atoms with E-state index in [-0.39, 0.29) is 5.92 Å². The molecule has 2 rings (SSSR count). The molecular weight excluding hydrogens is 172 g/mol. The first-order chi connectivity index (χ1) is 6.77. The summed E-state index contributed by atoms with van der Waals surface area (Å²) in [5, 5.41) is 0. The molecule has 1 aliphatic carbocycles. The first kappa shape index (κ1) is 9.20. The molecule has 1 heteroatoms. The van der Waals surface area contributed by atoms with Crippen molar-refractivity contribution in [1.29, 1.82) is 0 Å². The lowest BCUT2D eigenvalue weighted by Gasteiger charge is -1.97. The summed E-state index contributed by atoms with van der Waals surface area (Å²) in [5.74, 6) is 0.554. The van der Waals surface area contributed by atoms with E-state index < -0.39 is 0 Å². The van der Waals surface area contributed by atoms with Crippen LogP contribution in [0.4, 0.5) is 0 Å². The normalized spacial score (nSPS) is 24.5. The van der Waals surface area contributed by atoms with Crippen LogP contribution < -0.4 is 0 Å². The molecule has 1 aliphatic rings. The van der Waals surface area contributed by atoms with Gasteiger partial charge in [-0.25, -0.2) is 0 Å². The van der Waals surface area contributed by atoms with Gasteiger partial charge in [0, 0.05) is 5.92 Å². The SMILES string of the molecule is CC1CC/C(=C/c2ccccc2)C1=O. The molecule has 0 radical (unpaired) electrons. The number of hydrogen-bond donors (Lipinski definition) is 0. The summed E-state index contributed by atoms with van der Waals surface area (Å²) in [5.41, 5.74) is 2.12. The molecule has 72 valence electrons. The van der Waals surface area contributed by atoms with Crippen LogP contribution in [-0.2, 0) is 4.79 Å². The van der Waals surface area contributed by atoms with Crippen LogP contribution in [-0.4, -0.2) is 5.78 Å². The van der Waals surface area contributed by atoms with E-state index in [2.05, 4.69) is 0 Å². The third-order valence-corrected chi connectivity index (χ3v) is 2.75. The fourth-order valence-corrected chi connectivity index (χ4v) is 1.84. The smallest absolute Gasteiger partial charge is 0.161 e. The summed E-state index contributed by atoms with van der Waals surface area (Å²) < 4.78 is 0. The second-order valence-electron chi connectivity index (χ2n) is 3.88. The minimum atomic E-state index is 0.227. The van der Waals surface area contributed by atoms with Gasteiger partial charge in [0.2, 0.25) is 0 Å². The number of carbonyl (C=O) groups is 1. The van der Waals surface area contributed by atoms with Gasteiger partial charge in [-0.2, -0.15) is 0 Å².